The van der Waals surface area contributed by atoms with Crippen LogP contribution < -0.4 is 10.6 Å². The summed E-state index contributed by atoms with van der Waals surface area (Å²) in [6.07, 6.45) is 3.33. The Morgan fingerprint density at radius 2 is 1.56 bits per heavy atom. The molecule has 3 aromatic rings. The number of hydrogen-bond acceptors (Lipinski definition) is 4. The molecule has 0 radical (unpaired) electrons. The fraction of sp³-hybridized carbons (Fsp3) is 0.143. The Hall–Kier alpha value is -3.54. The van der Waals surface area contributed by atoms with Gasteiger partial charge in [0.2, 0.25) is 0 Å². The minimum absolute atomic E-state index is 0.162. The lowest BCUT2D eigenvalue weighted by Gasteiger charge is -2.14. The second-order valence-electron chi connectivity index (χ2n) is 6.05. The third kappa shape index (κ3) is 4.98. The maximum atomic E-state index is 12.5. The van der Waals surface area contributed by atoms with Gasteiger partial charge in [-0.25, -0.2) is 4.98 Å². The summed E-state index contributed by atoms with van der Waals surface area (Å²) in [7, 11) is 0. The molecule has 6 nitrogen and oxygen atoms in total. The van der Waals surface area contributed by atoms with Crippen molar-refractivity contribution >= 4 is 11.8 Å². The highest BCUT2D eigenvalue weighted by Crippen LogP contribution is 2.12. The molecule has 0 fully saturated rings. The minimum Gasteiger partial charge on any atom is -0.347 e. The first kappa shape index (κ1) is 18.3. The number of amides is 2. The quantitative estimate of drug-likeness (QED) is 0.708. The monoisotopic (exact) mass is 360 g/mol. The van der Waals surface area contributed by atoms with E-state index >= 15 is 0 Å². The Labute approximate surface area is 157 Å². The molecule has 0 aliphatic carbocycles. The maximum absolute atomic E-state index is 12.5. The van der Waals surface area contributed by atoms with Crippen LogP contribution >= 0.6 is 0 Å². The molecule has 0 saturated heterocycles. The van der Waals surface area contributed by atoms with E-state index in [1.54, 1.807) is 30.6 Å². The molecule has 2 heterocycles. The topological polar surface area (TPSA) is 84.0 Å². The van der Waals surface area contributed by atoms with Crippen molar-refractivity contribution in [2.45, 2.75) is 19.5 Å². The Morgan fingerprint density at radius 3 is 2.26 bits per heavy atom. The van der Waals surface area contributed by atoms with Crippen molar-refractivity contribution in [1.29, 1.82) is 0 Å². The van der Waals surface area contributed by atoms with E-state index in [1.165, 1.54) is 0 Å². The second-order valence-corrected chi connectivity index (χ2v) is 6.05. The first-order chi connectivity index (χ1) is 13.1. The molecule has 6 heteroatoms. The predicted molar refractivity (Wildman–Crippen MR) is 102 cm³/mol. The van der Waals surface area contributed by atoms with Gasteiger partial charge in [-0.05, 0) is 42.3 Å². The van der Waals surface area contributed by atoms with Crippen LogP contribution in [-0.4, -0.2) is 21.8 Å². The van der Waals surface area contributed by atoms with Crippen molar-refractivity contribution in [3.8, 4) is 0 Å². The van der Waals surface area contributed by atoms with Crippen LogP contribution in [0, 0.1) is 0 Å². The zero-order chi connectivity index (χ0) is 19.1. The van der Waals surface area contributed by atoms with Gasteiger partial charge in [0.15, 0.2) is 0 Å². The van der Waals surface area contributed by atoms with E-state index in [2.05, 4.69) is 20.6 Å². The number of pyridine rings is 2. The number of benzene rings is 1. The lowest BCUT2D eigenvalue weighted by molar-refractivity contribution is 0.0933. The van der Waals surface area contributed by atoms with Crippen LogP contribution in [0.4, 0.5) is 0 Å². The SMILES string of the molecule is CC(NC(=O)c1cccc(C(=O)NCc2ccncc2)n1)c1ccccc1. The molecule has 3 rings (SSSR count). The molecule has 1 aromatic carbocycles. The first-order valence-electron chi connectivity index (χ1n) is 8.63. The van der Waals surface area contributed by atoms with Gasteiger partial charge in [-0.2, -0.15) is 0 Å². The van der Waals surface area contributed by atoms with Crippen molar-refractivity contribution in [3.63, 3.8) is 0 Å². The molecule has 0 aliphatic rings. The lowest BCUT2D eigenvalue weighted by atomic mass is 10.1. The highest BCUT2D eigenvalue weighted by molar-refractivity contribution is 5.96. The fourth-order valence-corrected chi connectivity index (χ4v) is 2.56. The number of aromatic nitrogens is 2. The number of hydrogen-bond donors (Lipinski definition) is 2. The third-order valence-corrected chi connectivity index (χ3v) is 4.06. The van der Waals surface area contributed by atoms with Crippen molar-refractivity contribution < 1.29 is 9.59 Å². The van der Waals surface area contributed by atoms with Crippen LogP contribution in [0.5, 0.6) is 0 Å². The molecule has 0 bridgehead atoms. The highest BCUT2D eigenvalue weighted by Gasteiger charge is 2.15. The molecular formula is C21H20N4O2. The van der Waals surface area contributed by atoms with Crippen LogP contribution in [-0.2, 0) is 6.54 Å². The molecule has 1 unspecified atom stereocenters. The molecule has 2 N–H and O–H groups in total. The van der Waals surface area contributed by atoms with E-state index in [0.717, 1.165) is 11.1 Å². The van der Waals surface area contributed by atoms with Gasteiger partial charge < -0.3 is 10.6 Å². The maximum Gasteiger partial charge on any atom is 0.270 e. The van der Waals surface area contributed by atoms with Gasteiger partial charge in [-0.1, -0.05) is 36.4 Å². The molecular weight excluding hydrogens is 340 g/mol. The first-order valence-corrected chi connectivity index (χ1v) is 8.63. The average Bonchev–Trinajstić information content (AvgIpc) is 2.73. The van der Waals surface area contributed by atoms with E-state index in [0.29, 0.717) is 6.54 Å². The van der Waals surface area contributed by atoms with E-state index < -0.39 is 0 Å². The van der Waals surface area contributed by atoms with Gasteiger partial charge in [-0.3, -0.25) is 14.6 Å². The van der Waals surface area contributed by atoms with Crippen LogP contribution in [0.2, 0.25) is 0 Å². The van der Waals surface area contributed by atoms with Gasteiger partial charge in [-0.15, -0.1) is 0 Å². The van der Waals surface area contributed by atoms with Crippen molar-refractivity contribution in [1.82, 2.24) is 20.6 Å². The Balaban J connectivity index is 1.64. The van der Waals surface area contributed by atoms with E-state index in [-0.39, 0.29) is 29.2 Å². The molecule has 2 aromatic heterocycles. The van der Waals surface area contributed by atoms with Crippen LogP contribution in [0.25, 0.3) is 0 Å². The summed E-state index contributed by atoms with van der Waals surface area (Å²) in [6, 6.07) is 18.0. The van der Waals surface area contributed by atoms with Crippen LogP contribution in [0.15, 0.2) is 73.1 Å². The van der Waals surface area contributed by atoms with Gasteiger partial charge in [0.05, 0.1) is 6.04 Å². The molecule has 1 atom stereocenters. The standard InChI is InChI=1S/C21H20N4O2/c1-15(17-6-3-2-4-7-17)24-21(27)19-9-5-8-18(25-19)20(26)23-14-16-10-12-22-13-11-16/h2-13,15H,14H2,1H3,(H,23,26)(H,24,27). The summed E-state index contributed by atoms with van der Waals surface area (Å²) in [5.74, 6) is -0.660. The number of carbonyl (C=O) groups excluding carboxylic acids is 2. The number of nitrogens with zero attached hydrogens (tertiary/aromatic N) is 2. The van der Waals surface area contributed by atoms with Gasteiger partial charge >= 0.3 is 0 Å². The molecule has 0 saturated carbocycles. The van der Waals surface area contributed by atoms with E-state index in [4.69, 9.17) is 0 Å². The number of carbonyl (C=O) groups is 2. The van der Waals surface area contributed by atoms with Gasteiger partial charge in [0.25, 0.3) is 11.8 Å². The normalized spacial score (nSPS) is 11.4. The summed E-state index contributed by atoms with van der Waals surface area (Å²) in [5, 5.41) is 5.68. The summed E-state index contributed by atoms with van der Waals surface area (Å²) < 4.78 is 0. The minimum atomic E-state index is -0.336. The molecule has 0 spiro atoms. The third-order valence-electron chi connectivity index (χ3n) is 4.06. The van der Waals surface area contributed by atoms with Gasteiger partial charge in [0, 0.05) is 18.9 Å². The van der Waals surface area contributed by atoms with E-state index in [1.807, 2.05) is 49.4 Å². The van der Waals surface area contributed by atoms with Crippen LogP contribution in [0.3, 0.4) is 0 Å². The fourth-order valence-electron chi connectivity index (χ4n) is 2.56. The molecule has 2 amide bonds. The second kappa shape index (κ2) is 8.71. The van der Waals surface area contributed by atoms with E-state index in [9.17, 15) is 9.59 Å². The summed E-state index contributed by atoms with van der Waals surface area (Å²) in [6.45, 7) is 2.27. The summed E-state index contributed by atoms with van der Waals surface area (Å²) >= 11 is 0. The number of rotatable bonds is 6. The number of nitrogens with one attached hydrogen (secondary N) is 2. The molecule has 0 aliphatic heterocycles. The lowest BCUT2D eigenvalue weighted by Crippen LogP contribution is -2.29. The summed E-state index contributed by atoms with van der Waals surface area (Å²) in [4.78, 5) is 32.9. The average molecular weight is 360 g/mol. The predicted octanol–water partition coefficient (Wildman–Crippen LogP) is 2.90. The largest absolute Gasteiger partial charge is 0.347 e. The van der Waals surface area contributed by atoms with Crippen molar-refractivity contribution in [2.75, 3.05) is 0 Å². The molecule has 27 heavy (non-hydrogen) atoms. The Morgan fingerprint density at radius 1 is 0.889 bits per heavy atom. The van der Waals surface area contributed by atoms with Crippen LogP contribution in [0.1, 0.15) is 45.1 Å². The zero-order valence-electron chi connectivity index (χ0n) is 14.9. The zero-order valence-corrected chi connectivity index (χ0v) is 14.9. The Bertz CT molecular complexity index is 914. The smallest absolute Gasteiger partial charge is 0.270 e. The Kier molecular flexibility index (Phi) is 5.89. The highest BCUT2D eigenvalue weighted by atomic mass is 16.2. The van der Waals surface area contributed by atoms with Gasteiger partial charge in [0.1, 0.15) is 11.4 Å². The van der Waals surface area contributed by atoms with Crippen molar-refractivity contribution in [2.24, 2.45) is 0 Å². The summed E-state index contributed by atoms with van der Waals surface area (Å²) in [5.41, 5.74) is 2.33. The van der Waals surface area contributed by atoms with Crippen molar-refractivity contribution in [3.05, 3.63) is 95.6 Å². The molecule has 136 valence electrons.